The molecule has 0 aliphatic heterocycles. The normalized spacial score (nSPS) is 10.9. The molecule has 0 spiro atoms. The van der Waals surface area contributed by atoms with Gasteiger partial charge in [0.1, 0.15) is 0 Å². The van der Waals surface area contributed by atoms with E-state index in [0.717, 1.165) is 22.2 Å². The van der Waals surface area contributed by atoms with E-state index >= 15 is 0 Å². The number of benzene rings is 3. The highest BCUT2D eigenvalue weighted by Gasteiger charge is 2.15. The standard InChI is InChI=1S/C21H16N4O5/c26-21-22(13-15-5-9-17(10-6-15)24(27)28)19-3-1-2-4-20(19)23(21)14-16-7-11-18(12-8-16)25(29)30/h1-12H,13-14H2. The van der Waals surface area contributed by atoms with Gasteiger partial charge in [-0.1, -0.05) is 36.4 Å². The van der Waals surface area contributed by atoms with Gasteiger partial charge < -0.3 is 0 Å². The molecule has 9 nitrogen and oxygen atoms in total. The molecule has 0 saturated carbocycles. The van der Waals surface area contributed by atoms with Crippen LogP contribution in [0.25, 0.3) is 11.0 Å². The molecule has 0 aliphatic rings. The highest BCUT2D eigenvalue weighted by molar-refractivity contribution is 5.76. The Morgan fingerprint density at radius 2 is 1.00 bits per heavy atom. The van der Waals surface area contributed by atoms with Crippen LogP contribution in [0.2, 0.25) is 0 Å². The van der Waals surface area contributed by atoms with Crippen molar-refractivity contribution in [3.05, 3.63) is 115 Å². The Labute approximate surface area is 169 Å². The monoisotopic (exact) mass is 404 g/mol. The molecule has 0 fully saturated rings. The average molecular weight is 404 g/mol. The molecule has 30 heavy (non-hydrogen) atoms. The van der Waals surface area contributed by atoms with Gasteiger partial charge in [0, 0.05) is 24.3 Å². The second-order valence-corrected chi connectivity index (χ2v) is 6.79. The highest BCUT2D eigenvalue weighted by atomic mass is 16.6. The van der Waals surface area contributed by atoms with E-state index in [1.807, 2.05) is 24.3 Å². The number of hydrogen-bond acceptors (Lipinski definition) is 5. The molecule has 3 aromatic carbocycles. The summed E-state index contributed by atoms with van der Waals surface area (Å²) in [6.45, 7) is 0.537. The SMILES string of the molecule is O=c1n(Cc2ccc([N+](=O)[O-])cc2)c2ccccc2n1Cc1ccc([N+](=O)[O-])cc1. The number of fused-ring (bicyclic) bond motifs is 1. The van der Waals surface area contributed by atoms with Crippen molar-refractivity contribution < 1.29 is 9.85 Å². The molecule has 9 heteroatoms. The zero-order chi connectivity index (χ0) is 21.3. The Kier molecular flexibility index (Phi) is 4.85. The quantitative estimate of drug-likeness (QED) is 0.359. The van der Waals surface area contributed by atoms with Crippen LogP contribution in [0.4, 0.5) is 11.4 Å². The molecule has 1 aromatic heterocycles. The maximum absolute atomic E-state index is 13.2. The predicted molar refractivity (Wildman–Crippen MR) is 111 cm³/mol. The molecule has 0 atom stereocenters. The third kappa shape index (κ3) is 3.55. The number of imidazole rings is 1. The summed E-state index contributed by atoms with van der Waals surface area (Å²) in [6.07, 6.45) is 0. The number of para-hydroxylation sites is 2. The number of nitrogens with zero attached hydrogens (tertiary/aromatic N) is 4. The third-order valence-electron chi connectivity index (χ3n) is 4.90. The first kappa shape index (κ1) is 19.1. The summed E-state index contributed by atoms with van der Waals surface area (Å²) in [6, 6.07) is 19.5. The predicted octanol–water partition coefficient (Wildman–Crippen LogP) is 3.72. The first-order valence-corrected chi connectivity index (χ1v) is 9.09. The third-order valence-corrected chi connectivity index (χ3v) is 4.90. The minimum atomic E-state index is -0.466. The van der Waals surface area contributed by atoms with Crippen molar-refractivity contribution in [3.63, 3.8) is 0 Å². The van der Waals surface area contributed by atoms with Crippen LogP contribution in [0.5, 0.6) is 0 Å². The average Bonchev–Trinajstić information content (AvgIpc) is 3.00. The Bertz CT molecular complexity index is 1200. The van der Waals surface area contributed by atoms with Crippen LogP contribution in [0.15, 0.2) is 77.6 Å². The lowest BCUT2D eigenvalue weighted by Crippen LogP contribution is -2.25. The van der Waals surface area contributed by atoms with Crippen LogP contribution >= 0.6 is 0 Å². The van der Waals surface area contributed by atoms with E-state index in [2.05, 4.69) is 0 Å². The zero-order valence-electron chi connectivity index (χ0n) is 15.7. The van der Waals surface area contributed by atoms with E-state index in [9.17, 15) is 25.0 Å². The lowest BCUT2D eigenvalue weighted by Gasteiger charge is -2.04. The van der Waals surface area contributed by atoms with Gasteiger partial charge >= 0.3 is 5.69 Å². The number of non-ortho nitro benzene ring substituents is 2. The Balaban J connectivity index is 1.71. The van der Waals surface area contributed by atoms with Gasteiger partial charge in [-0.2, -0.15) is 0 Å². The van der Waals surface area contributed by atoms with Crippen molar-refractivity contribution in [2.75, 3.05) is 0 Å². The van der Waals surface area contributed by atoms with Crippen molar-refractivity contribution in [2.45, 2.75) is 13.1 Å². The molecule has 0 amide bonds. The van der Waals surface area contributed by atoms with Gasteiger partial charge in [0.15, 0.2) is 0 Å². The van der Waals surface area contributed by atoms with Crippen LogP contribution in [0.1, 0.15) is 11.1 Å². The van der Waals surface area contributed by atoms with Crippen LogP contribution in [-0.2, 0) is 13.1 Å². The minimum Gasteiger partial charge on any atom is -0.287 e. The molecule has 0 N–H and O–H groups in total. The zero-order valence-corrected chi connectivity index (χ0v) is 15.7. The molecule has 0 saturated heterocycles. The van der Waals surface area contributed by atoms with Crippen molar-refractivity contribution in [3.8, 4) is 0 Å². The molecule has 0 aliphatic carbocycles. The van der Waals surface area contributed by atoms with Crippen molar-refractivity contribution in [2.24, 2.45) is 0 Å². The summed E-state index contributed by atoms with van der Waals surface area (Å²) in [7, 11) is 0. The second-order valence-electron chi connectivity index (χ2n) is 6.79. The summed E-state index contributed by atoms with van der Waals surface area (Å²) in [5, 5.41) is 21.7. The maximum atomic E-state index is 13.2. The molecular weight excluding hydrogens is 388 g/mol. The van der Waals surface area contributed by atoms with Crippen molar-refractivity contribution in [1.29, 1.82) is 0 Å². The fraction of sp³-hybridized carbons (Fsp3) is 0.0952. The Hall–Kier alpha value is -4.27. The Morgan fingerprint density at radius 3 is 1.33 bits per heavy atom. The fourth-order valence-corrected chi connectivity index (χ4v) is 3.39. The Morgan fingerprint density at radius 1 is 0.633 bits per heavy atom. The number of hydrogen-bond donors (Lipinski definition) is 0. The van der Waals surface area contributed by atoms with E-state index in [0.29, 0.717) is 0 Å². The summed E-state index contributed by atoms with van der Waals surface area (Å²) in [4.78, 5) is 33.9. The van der Waals surface area contributed by atoms with Gasteiger partial charge in [0.2, 0.25) is 0 Å². The molecule has 4 rings (SSSR count). The van der Waals surface area contributed by atoms with Gasteiger partial charge in [-0.15, -0.1) is 0 Å². The molecular formula is C21H16N4O5. The van der Waals surface area contributed by atoms with Crippen molar-refractivity contribution in [1.82, 2.24) is 9.13 Å². The van der Waals surface area contributed by atoms with Crippen LogP contribution in [-0.4, -0.2) is 19.0 Å². The largest absolute Gasteiger partial charge is 0.329 e. The van der Waals surface area contributed by atoms with Gasteiger partial charge in [-0.3, -0.25) is 29.4 Å². The summed E-state index contributed by atoms with van der Waals surface area (Å²) < 4.78 is 3.23. The van der Waals surface area contributed by atoms with Gasteiger partial charge in [-0.25, -0.2) is 4.79 Å². The van der Waals surface area contributed by atoms with Crippen LogP contribution < -0.4 is 5.69 Å². The molecule has 1 heterocycles. The fourth-order valence-electron chi connectivity index (χ4n) is 3.39. The number of nitro benzene ring substituents is 2. The van der Waals surface area contributed by atoms with E-state index < -0.39 is 9.85 Å². The smallest absolute Gasteiger partial charge is 0.287 e. The minimum absolute atomic E-state index is 0.00769. The molecule has 0 radical (unpaired) electrons. The lowest BCUT2D eigenvalue weighted by atomic mass is 10.2. The van der Waals surface area contributed by atoms with Crippen LogP contribution in [0, 0.1) is 20.2 Å². The van der Waals surface area contributed by atoms with E-state index in [1.165, 1.54) is 24.3 Å². The number of nitro groups is 2. The van der Waals surface area contributed by atoms with Gasteiger partial charge in [-0.05, 0) is 23.3 Å². The lowest BCUT2D eigenvalue weighted by molar-refractivity contribution is -0.385. The van der Waals surface area contributed by atoms with E-state index in [-0.39, 0.29) is 30.2 Å². The highest BCUT2D eigenvalue weighted by Crippen LogP contribution is 2.19. The number of rotatable bonds is 6. The molecule has 0 unspecified atom stereocenters. The van der Waals surface area contributed by atoms with Gasteiger partial charge in [0.05, 0.1) is 34.0 Å². The topological polar surface area (TPSA) is 113 Å². The second kappa shape index (κ2) is 7.63. The summed E-state index contributed by atoms with van der Waals surface area (Å²) >= 11 is 0. The maximum Gasteiger partial charge on any atom is 0.329 e. The van der Waals surface area contributed by atoms with E-state index in [1.54, 1.807) is 33.4 Å². The molecule has 0 bridgehead atoms. The van der Waals surface area contributed by atoms with E-state index in [4.69, 9.17) is 0 Å². The van der Waals surface area contributed by atoms with Crippen molar-refractivity contribution >= 4 is 22.4 Å². The molecule has 150 valence electrons. The summed E-state index contributed by atoms with van der Waals surface area (Å²) in [5.41, 5.74) is 2.76. The number of aromatic nitrogens is 2. The molecule has 4 aromatic rings. The first-order chi connectivity index (χ1) is 14.4. The summed E-state index contributed by atoms with van der Waals surface area (Å²) in [5.74, 6) is 0. The first-order valence-electron chi connectivity index (χ1n) is 9.09. The van der Waals surface area contributed by atoms with Crippen LogP contribution in [0.3, 0.4) is 0 Å². The van der Waals surface area contributed by atoms with Gasteiger partial charge in [0.25, 0.3) is 11.4 Å².